The fourth-order valence-corrected chi connectivity index (χ4v) is 2.63. The van der Waals surface area contributed by atoms with E-state index in [1.165, 1.54) is 11.3 Å². The van der Waals surface area contributed by atoms with Crippen molar-refractivity contribution < 1.29 is 9.53 Å². The number of carbonyl (C=O) groups excluding carboxylic acids is 1. The van der Waals surface area contributed by atoms with Gasteiger partial charge in [0.05, 0.1) is 6.61 Å². The van der Waals surface area contributed by atoms with Crippen molar-refractivity contribution in [1.29, 1.82) is 0 Å². The van der Waals surface area contributed by atoms with E-state index >= 15 is 0 Å². The van der Waals surface area contributed by atoms with E-state index in [4.69, 9.17) is 4.74 Å². The van der Waals surface area contributed by atoms with Crippen molar-refractivity contribution in [3.8, 4) is 5.75 Å². The predicted octanol–water partition coefficient (Wildman–Crippen LogP) is 4.70. The quantitative estimate of drug-likeness (QED) is 0.753. The zero-order valence-electron chi connectivity index (χ0n) is 13.3. The second-order valence-corrected chi connectivity index (χ2v) is 6.47. The van der Waals surface area contributed by atoms with Crippen LogP contribution in [0.25, 0.3) is 0 Å². The first-order valence-corrected chi connectivity index (χ1v) is 8.41. The molecule has 0 spiro atoms. The molecule has 0 saturated heterocycles. The summed E-state index contributed by atoms with van der Waals surface area (Å²) in [5.41, 5.74) is 0.601. The van der Waals surface area contributed by atoms with E-state index in [1.807, 2.05) is 18.3 Å². The highest BCUT2D eigenvalue weighted by Gasteiger charge is 2.10. The number of aromatic nitrogens is 1. The Balaban J connectivity index is 1.94. The van der Waals surface area contributed by atoms with Gasteiger partial charge in [0.15, 0.2) is 5.13 Å². The molecule has 5 heteroatoms. The van der Waals surface area contributed by atoms with Crippen LogP contribution < -0.4 is 10.1 Å². The molecular weight excluding hydrogens is 296 g/mol. The van der Waals surface area contributed by atoms with Gasteiger partial charge in [-0.15, -0.1) is 11.3 Å². The number of amides is 1. The second-order valence-electron chi connectivity index (χ2n) is 5.40. The highest BCUT2D eigenvalue weighted by molar-refractivity contribution is 7.15. The number of hydrogen-bond donors (Lipinski definition) is 1. The lowest BCUT2D eigenvalue weighted by Crippen LogP contribution is -2.11. The molecule has 0 aliphatic rings. The number of carbonyl (C=O) groups is 1. The van der Waals surface area contributed by atoms with Gasteiger partial charge in [-0.3, -0.25) is 10.1 Å². The average Bonchev–Trinajstić information content (AvgIpc) is 2.97. The Morgan fingerprint density at radius 3 is 2.64 bits per heavy atom. The van der Waals surface area contributed by atoms with Gasteiger partial charge in [0.2, 0.25) is 0 Å². The number of thiazole rings is 1. The summed E-state index contributed by atoms with van der Waals surface area (Å²) < 4.78 is 5.59. The topological polar surface area (TPSA) is 51.2 Å². The molecule has 0 radical (unpaired) electrons. The number of unbranched alkanes of at least 4 members (excludes halogenated alkanes) is 1. The van der Waals surface area contributed by atoms with Gasteiger partial charge in [-0.2, -0.15) is 0 Å². The van der Waals surface area contributed by atoms with Gasteiger partial charge in [0.25, 0.3) is 5.91 Å². The summed E-state index contributed by atoms with van der Waals surface area (Å²) in [6.45, 7) is 7.05. The van der Waals surface area contributed by atoms with Crippen LogP contribution in [0.2, 0.25) is 0 Å². The summed E-state index contributed by atoms with van der Waals surface area (Å²) in [5.74, 6) is 1.06. The van der Waals surface area contributed by atoms with Crippen LogP contribution in [0.4, 0.5) is 5.13 Å². The molecule has 0 bridgehead atoms. The molecule has 0 saturated carbocycles. The maximum atomic E-state index is 12.2. The van der Waals surface area contributed by atoms with Crippen LogP contribution in [0.15, 0.2) is 30.5 Å². The third-order valence-corrected chi connectivity index (χ3v) is 4.41. The van der Waals surface area contributed by atoms with Crippen LogP contribution in [-0.2, 0) is 0 Å². The minimum atomic E-state index is -0.148. The molecule has 2 aromatic rings. The highest BCUT2D eigenvalue weighted by atomic mass is 32.1. The summed E-state index contributed by atoms with van der Waals surface area (Å²) in [6.07, 6.45) is 3.95. The first kappa shape index (κ1) is 16.5. The molecule has 2 rings (SSSR count). The summed E-state index contributed by atoms with van der Waals surface area (Å²) in [4.78, 5) is 17.6. The van der Waals surface area contributed by atoms with Gasteiger partial charge < -0.3 is 4.74 Å². The maximum absolute atomic E-state index is 12.2. The Hall–Kier alpha value is -1.88. The molecule has 1 aromatic carbocycles. The molecule has 22 heavy (non-hydrogen) atoms. The van der Waals surface area contributed by atoms with E-state index in [9.17, 15) is 4.79 Å². The lowest BCUT2D eigenvalue weighted by atomic mass is 10.2. The van der Waals surface area contributed by atoms with Crippen molar-refractivity contribution >= 4 is 22.4 Å². The molecule has 118 valence electrons. The van der Waals surface area contributed by atoms with Crippen LogP contribution in [0.3, 0.4) is 0 Å². The molecule has 1 amide bonds. The Labute approximate surface area is 135 Å². The predicted molar refractivity (Wildman–Crippen MR) is 91.0 cm³/mol. The van der Waals surface area contributed by atoms with Crippen molar-refractivity contribution in [3.05, 3.63) is 40.9 Å². The Kier molecular flexibility index (Phi) is 5.95. The van der Waals surface area contributed by atoms with Gasteiger partial charge in [0.1, 0.15) is 5.75 Å². The average molecular weight is 318 g/mol. The third-order valence-electron chi connectivity index (χ3n) is 3.20. The van der Waals surface area contributed by atoms with Gasteiger partial charge in [-0.25, -0.2) is 4.98 Å². The van der Waals surface area contributed by atoms with Crippen molar-refractivity contribution in [2.24, 2.45) is 0 Å². The first-order valence-electron chi connectivity index (χ1n) is 7.60. The lowest BCUT2D eigenvalue weighted by Gasteiger charge is -2.06. The molecule has 0 aliphatic carbocycles. The Bertz CT molecular complexity index is 605. The number of nitrogens with one attached hydrogen (secondary N) is 1. The standard InChI is InChI=1S/C17H22N2O2S/c1-4-5-10-21-14-8-6-13(7-9-14)16(20)19-17-18-11-15(22-17)12(2)3/h6-9,11-12H,4-5,10H2,1-3H3,(H,18,19,20). The molecule has 0 aliphatic heterocycles. The van der Waals surface area contributed by atoms with E-state index < -0.39 is 0 Å². The van der Waals surface area contributed by atoms with Gasteiger partial charge in [-0.05, 0) is 36.6 Å². The zero-order chi connectivity index (χ0) is 15.9. The van der Waals surface area contributed by atoms with Gasteiger partial charge in [0, 0.05) is 16.6 Å². The van der Waals surface area contributed by atoms with Crippen molar-refractivity contribution in [3.63, 3.8) is 0 Å². The number of anilines is 1. The molecule has 4 nitrogen and oxygen atoms in total. The molecule has 0 unspecified atom stereocenters. The van der Waals surface area contributed by atoms with Crippen LogP contribution >= 0.6 is 11.3 Å². The van der Waals surface area contributed by atoms with Crippen molar-refractivity contribution in [2.75, 3.05) is 11.9 Å². The molecule has 1 heterocycles. The Morgan fingerprint density at radius 1 is 1.32 bits per heavy atom. The fraction of sp³-hybridized carbons (Fsp3) is 0.412. The number of ether oxygens (including phenoxy) is 1. The van der Waals surface area contributed by atoms with E-state index in [0.717, 1.165) is 23.5 Å². The van der Waals surface area contributed by atoms with Crippen molar-refractivity contribution in [1.82, 2.24) is 4.98 Å². The van der Waals surface area contributed by atoms with Gasteiger partial charge >= 0.3 is 0 Å². The zero-order valence-corrected chi connectivity index (χ0v) is 14.1. The fourth-order valence-electron chi connectivity index (χ4n) is 1.82. The summed E-state index contributed by atoms with van der Waals surface area (Å²) in [5, 5.41) is 3.47. The third kappa shape index (κ3) is 4.56. The smallest absolute Gasteiger partial charge is 0.257 e. The first-order chi connectivity index (χ1) is 10.6. The largest absolute Gasteiger partial charge is 0.494 e. The summed E-state index contributed by atoms with van der Waals surface area (Å²) in [6, 6.07) is 7.19. The van der Waals surface area contributed by atoms with Crippen LogP contribution in [0.5, 0.6) is 5.75 Å². The normalized spacial score (nSPS) is 10.7. The van der Waals surface area contributed by atoms with E-state index in [1.54, 1.807) is 12.1 Å². The lowest BCUT2D eigenvalue weighted by molar-refractivity contribution is 0.102. The number of benzene rings is 1. The van der Waals surface area contributed by atoms with E-state index in [2.05, 4.69) is 31.1 Å². The molecule has 1 aromatic heterocycles. The number of nitrogens with zero attached hydrogens (tertiary/aromatic N) is 1. The Morgan fingerprint density at radius 2 is 2.05 bits per heavy atom. The maximum Gasteiger partial charge on any atom is 0.257 e. The van der Waals surface area contributed by atoms with E-state index in [-0.39, 0.29) is 5.91 Å². The number of hydrogen-bond acceptors (Lipinski definition) is 4. The second kappa shape index (κ2) is 7.94. The van der Waals surface area contributed by atoms with Crippen LogP contribution in [0, 0.1) is 0 Å². The minimum Gasteiger partial charge on any atom is -0.494 e. The monoisotopic (exact) mass is 318 g/mol. The SMILES string of the molecule is CCCCOc1ccc(C(=O)Nc2ncc(C(C)C)s2)cc1. The highest BCUT2D eigenvalue weighted by Crippen LogP contribution is 2.25. The van der Waals surface area contributed by atoms with Crippen LogP contribution in [0.1, 0.15) is 54.8 Å². The molecular formula is C17H22N2O2S. The van der Waals surface area contributed by atoms with Crippen LogP contribution in [-0.4, -0.2) is 17.5 Å². The van der Waals surface area contributed by atoms with E-state index in [0.29, 0.717) is 23.2 Å². The van der Waals surface area contributed by atoms with Crippen molar-refractivity contribution in [2.45, 2.75) is 39.5 Å². The molecule has 0 atom stereocenters. The number of rotatable bonds is 7. The summed E-state index contributed by atoms with van der Waals surface area (Å²) in [7, 11) is 0. The molecule has 1 N–H and O–H groups in total. The summed E-state index contributed by atoms with van der Waals surface area (Å²) >= 11 is 1.51. The molecule has 0 fully saturated rings. The minimum absolute atomic E-state index is 0.148. The van der Waals surface area contributed by atoms with Gasteiger partial charge in [-0.1, -0.05) is 27.2 Å².